The molecule has 0 spiro atoms. The molecule has 1 aliphatic heterocycles. The molecule has 0 radical (unpaired) electrons. The topological polar surface area (TPSA) is 12.4 Å². The highest BCUT2D eigenvalue weighted by Gasteiger charge is 2.03. The summed E-state index contributed by atoms with van der Waals surface area (Å²) in [5, 5.41) is 0.706. The third-order valence-electron chi connectivity index (χ3n) is 5.83. The summed E-state index contributed by atoms with van der Waals surface area (Å²) in [5.74, 6) is 6.33. The Morgan fingerprint density at radius 2 is 1.50 bits per heavy atom. The summed E-state index contributed by atoms with van der Waals surface area (Å²) in [6.07, 6.45) is 5.96. The summed E-state index contributed by atoms with van der Waals surface area (Å²) < 4.78 is 0. The molecule has 0 amide bonds. The number of nitrogens with zero attached hydrogens (tertiary/aromatic N) is 1. The first kappa shape index (κ1) is 28.6. The molecule has 0 unspecified atom stereocenters. The Morgan fingerprint density at radius 1 is 0.861 bits per heavy atom. The van der Waals surface area contributed by atoms with E-state index in [4.69, 9.17) is 11.6 Å². The van der Waals surface area contributed by atoms with Crippen LogP contribution < -0.4 is 0 Å². The minimum Gasteiger partial charge on any atom is -0.261 e. The van der Waals surface area contributed by atoms with Crippen molar-refractivity contribution in [1.29, 1.82) is 0 Å². The molecule has 0 bridgehead atoms. The Hall–Kier alpha value is -3.60. The van der Waals surface area contributed by atoms with Crippen molar-refractivity contribution >= 4 is 23.5 Å². The van der Waals surface area contributed by atoms with Gasteiger partial charge in [-0.15, -0.1) is 13.2 Å². The number of benzene rings is 3. The lowest BCUT2D eigenvalue weighted by Gasteiger charge is -2.04. The van der Waals surface area contributed by atoms with Crippen LogP contribution in [0.15, 0.2) is 91.0 Å². The standard InChI is InChI=1S/C20H16ClN.C12H16.C2H4/c1-14-12-18(19(21)13-15(14)2)10-7-16-5-8-17(9-6-16)20-4-3-11-22-20;1-9(2)7-12-6-5-10(3)11(4)8-12;1-2/h4-6,8-9,11-13H,3H2,1-2H3;5-6,8H,1,7H2,2-4H3;1-2H2. The first-order valence-electron chi connectivity index (χ1n) is 12.1. The van der Waals surface area contributed by atoms with Crippen LogP contribution in [-0.2, 0) is 6.42 Å². The van der Waals surface area contributed by atoms with Gasteiger partial charge >= 0.3 is 0 Å². The first-order chi connectivity index (χ1) is 17.2. The van der Waals surface area contributed by atoms with Gasteiger partial charge in [-0.05, 0) is 98.7 Å². The number of allylic oxidation sites excluding steroid dienone is 2. The summed E-state index contributed by atoms with van der Waals surface area (Å²) in [4.78, 5) is 4.34. The number of aryl methyl sites for hydroxylation is 4. The molecule has 0 aliphatic carbocycles. The Balaban J connectivity index is 0.000000277. The minimum absolute atomic E-state index is 0.706. The average Bonchev–Trinajstić information content (AvgIpc) is 3.40. The molecule has 3 aromatic rings. The monoisotopic (exact) mass is 493 g/mol. The summed E-state index contributed by atoms with van der Waals surface area (Å²) in [6, 6.07) is 18.7. The zero-order valence-corrected chi connectivity index (χ0v) is 23.0. The van der Waals surface area contributed by atoms with Crippen LogP contribution in [0, 0.1) is 39.5 Å². The van der Waals surface area contributed by atoms with Crippen molar-refractivity contribution in [2.45, 2.75) is 47.5 Å². The van der Waals surface area contributed by atoms with E-state index in [2.05, 4.69) is 108 Å². The number of aliphatic imine (C=N–C) groups is 1. The van der Waals surface area contributed by atoms with E-state index < -0.39 is 0 Å². The lowest BCUT2D eigenvalue weighted by molar-refractivity contribution is 1.14. The fourth-order valence-electron chi connectivity index (χ4n) is 3.56. The molecule has 0 atom stereocenters. The van der Waals surface area contributed by atoms with Gasteiger partial charge in [0.15, 0.2) is 0 Å². The van der Waals surface area contributed by atoms with E-state index in [1.807, 2.05) is 30.5 Å². The molecular weight excluding hydrogens is 458 g/mol. The molecule has 184 valence electrons. The summed E-state index contributed by atoms with van der Waals surface area (Å²) in [7, 11) is 0. The maximum Gasteiger partial charge on any atom is 0.0662 e. The van der Waals surface area contributed by atoms with Crippen LogP contribution >= 0.6 is 11.6 Å². The van der Waals surface area contributed by atoms with Crippen LogP contribution in [0.3, 0.4) is 0 Å². The molecule has 1 aliphatic rings. The molecule has 0 aromatic heterocycles. The van der Waals surface area contributed by atoms with Crippen LogP contribution in [-0.4, -0.2) is 6.21 Å². The van der Waals surface area contributed by atoms with E-state index >= 15 is 0 Å². The number of hydrogen-bond donors (Lipinski definition) is 0. The van der Waals surface area contributed by atoms with E-state index in [1.54, 1.807) is 0 Å². The number of hydrogen-bond acceptors (Lipinski definition) is 1. The predicted molar refractivity (Wildman–Crippen MR) is 160 cm³/mol. The second kappa shape index (κ2) is 14.1. The van der Waals surface area contributed by atoms with Crippen LogP contribution in [0.1, 0.15) is 57.9 Å². The summed E-state index contributed by atoms with van der Waals surface area (Å²) in [5.41, 5.74) is 11.7. The molecule has 4 rings (SSSR count). The average molecular weight is 494 g/mol. The van der Waals surface area contributed by atoms with Crippen molar-refractivity contribution in [3.05, 3.63) is 136 Å². The predicted octanol–water partition coefficient (Wildman–Crippen LogP) is 9.40. The molecular formula is C34H36ClN. The van der Waals surface area contributed by atoms with Crippen LogP contribution in [0.2, 0.25) is 5.02 Å². The van der Waals surface area contributed by atoms with Crippen LogP contribution in [0.5, 0.6) is 0 Å². The van der Waals surface area contributed by atoms with Crippen molar-refractivity contribution in [1.82, 2.24) is 0 Å². The maximum absolute atomic E-state index is 6.25. The molecule has 1 nitrogen and oxygen atoms in total. The van der Waals surface area contributed by atoms with E-state index in [-0.39, 0.29) is 0 Å². The van der Waals surface area contributed by atoms with Gasteiger partial charge in [-0.1, -0.05) is 72.0 Å². The van der Waals surface area contributed by atoms with Crippen molar-refractivity contribution < 1.29 is 0 Å². The van der Waals surface area contributed by atoms with Crippen LogP contribution in [0.4, 0.5) is 0 Å². The highest BCUT2D eigenvalue weighted by molar-refractivity contribution is 6.31. The lowest BCUT2D eigenvalue weighted by Crippen LogP contribution is -1.88. The van der Waals surface area contributed by atoms with Gasteiger partial charge in [0.2, 0.25) is 0 Å². The lowest BCUT2D eigenvalue weighted by atomic mass is 10.0. The highest BCUT2D eigenvalue weighted by atomic mass is 35.5. The van der Waals surface area contributed by atoms with Crippen molar-refractivity contribution in [3.63, 3.8) is 0 Å². The largest absolute Gasteiger partial charge is 0.261 e. The van der Waals surface area contributed by atoms with Gasteiger partial charge < -0.3 is 0 Å². The Morgan fingerprint density at radius 3 is 2.08 bits per heavy atom. The normalized spacial score (nSPS) is 11.2. The van der Waals surface area contributed by atoms with Gasteiger partial charge in [-0.3, -0.25) is 4.99 Å². The van der Waals surface area contributed by atoms with Gasteiger partial charge in [0.05, 0.1) is 10.7 Å². The molecule has 1 heterocycles. The molecule has 3 aromatic carbocycles. The Labute approximate surface area is 223 Å². The molecule has 0 N–H and O–H groups in total. The zero-order chi connectivity index (χ0) is 26.7. The fraction of sp³-hybridized carbons (Fsp3) is 0.206. The van der Waals surface area contributed by atoms with Crippen molar-refractivity contribution in [3.8, 4) is 11.8 Å². The molecule has 0 saturated carbocycles. The number of rotatable bonds is 3. The fourth-order valence-corrected chi connectivity index (χ4v) is 3.83. The second-order valence-corrected chi connectivity index (χ2v) is 9.34. The summed E-state index contributed by atoms with van der Waals surface area (Å²) >= 11 is 6.25. The van der Waals surface area contributed by atoms with Gasteiger partial charge in [-0.2, -0.15) is 0 Å². The molecule has 36 heavy (non-hydrogen) atoms. The van der Waals surface area contributed by atoms with E-state index in [0.717, 1.165) is 35.2 Å². The Kier molecular flexibility index (Phi) is 11.2. The van der Waals surface area contributed by atoms with Gasteiger partial charge in [-0.25, -0.2) is 0 Å². The van der Waals surface area contributed by atoms with E-state index in [9.17, 15) is 0 Å². The van der Waals surface area contributed by atoms with Crippen LogP contribution in [0.25, 0.3) is 5.70 Å². The summed E-state index contributed by atoms with van der Waals surface area (Å²) in [6.45, 7) is 20.4. The van der Waals surface area contributed by atoms with E-state index in [0.29, 0.717) is 5.02 Å². The second-order valence-electron chi connectivity index (χ2n) is 8.93. The highest BCUT2D eigenvalue weighted by Crippen LogP contribution is 2.21. The van der Waals surface area contributed by atoms with Gasteiger partial charge in [0.1, 0.15) is 0 Å². The molecule has 0 saturated heterocycles. The third kappa shape index (κ3) is 8.56. The quantitative estimate of drug-likeness (QED) is 0.254. The van der Waals surface area contributed by atoms with E-state index in [1.165, 1.54) is 33.4 Å². The van der Waals surface area contributed by atoms with Crippen molar-refractivity contribution in [2.75, 3.05) is 0 Å². The first-order valence-corrected chi connectivity index (χ1v) is 12.4. The zero-order valence-electron chi connectivity index (χ0n) is 22.2. The van der Waals surface area contributed by atoms with Gasteiger partial charge in [0, 0.05) is 23.8 Å². The van der Waals surface area contributed by atoms with Crippen molar-refractivity contribution in [2.24, 2.45) is 4.99 Å². The smallest absolute Gasteiger partial charge is 0.0662 e. The minimum atomic E-state index is 0.706. The molecule has 0 fully saturated rings. The Bertz CT molecular complexity index is 1330. The van der Waals surface area contributed by atoms with Gasteiger partial charge in [0.25, 0.3) is 0 Å². The third-order valence-corrected chi connectivity index (χ3v) is 6.14. The molecule has 2 heteroatoms. The SMILES string of the molecule is C=C.C=C(C)Cc1ccc(C)c(C)c1.Cc1cc(Cl)c(C#Cc2ccc(C3=CCC=N3)cc2)cc1C. The number of halogens is 1. The maximum atomic E-state index is 6.25.